The maximum Gasteiger partial charge on any atom is 0.248 e. The first kappa shape index (κ1) is 11.7. The molecular formula is C17H15NO. The van der Waals surface area contributed by atoms with Gasteiger partial charge in [-0.2, -0.15) is 0 Å². The van der Waals surface area contributed by atoms with Crippen molar-refractivity contribution < 1.29 is 4.79 Å². The summed E-state index contributed by atoms with van der Waals surface area (Å²) in [6, 6.07) is 14.6. The van der Waals surface area contributed by atoms with Gasteiger partial charge in [0.05, 0.1) is 0 Å². The number of carbonyl (C=O) groups is 1. The molecule has 0 spiro atoms. The van der Waals surface area contributed by atoms with Gasteiger partial charge in [0.1, 0.15) is 0 Å². The van der Waals surface area contributed by atoms with Crippen molar-refractivity contribution in [2.45, 2.75) is 13.3 Å². The Labute approximate surface area is 112 Å². The maximum absolute atomic E-state index is 11.5. The number of anilines is 1. The molecule has 0 unspecified atom stereocenters. The lowest BCUT2D eigenvalue weighted by Crippen LogP contribution is -2.07. The number of hydrogen-bond acceptors (Lipinski definition) is 1. The van der Waals surface area contributed by atoms with Crippen molar-refractivity contribution in [2.75, 3.05) is 5.32 Å². The summed E-state index contributed by atoms with van der Waals surface area (Å²) in [5.41, 5.74) is 6.08. The van der Waals surface area contributed by atoms with Crippen LogP contribution in [0.1, 0.15) is 18.1 Å². The van der Waals surface area contributed by atoms with Gasteiger partial charge in [0.15, 0.2) is 0 Å². The summed E-state index contributed by atoms with van der Waals surface area (Å²) in [5.74, 6) is -0.0852. The van der Waals surface area contributed by atoms with Gasteiger partial charge >= 0.3 is 0 Å². The Balaban J connectivity index is 1.91. The van der Waals surface area contributed by atoms with E-state index in [0.717, 1.165) is 12.1 Å². The quantitative estimate of drug-likeness (QED) is 0.688. The fourth-order valence-corrected chi connectivity index (χ4v) is 2.56. The summed E-state index contributed by atoms with van der Waals surface area (Å²) in [6.45, 7) is 1.83. The van der Waals surface area contributed by atoms with Crippen molar-refractivity contribution in [3.8, 4) is 11.1 Å². The minimum Gasteiger partial charge on any atom is -0.323 e. The van der Waals surface area contributed by atoms with Gasteiger partial charge < -0.3 is 5.32 Å². The Morgan fingerprint density at radius 2 is 1.89 bits per heavy atom. The third-order valence-electron chi connectivity index (χ3n) is 3.38. The van der Waals surface area contributed by atoms with E-state index in [0.29, 0.717) is 0 Å². The summed E-state index contributed by atoms with van der Waals surface area (Å²) >= 11 is 0. The van der Waals surface area contributed by atoms with E-state index in [9.17, 15) is 4.79 Å². The van der Waals surface area contributed by atoms with E-state index < -0.39 is 0 Å². The Morgan fingerprint density at radius 3 is 2.74 bits per heavy atom. The van der Waals surface area contributed by atoms with E-state index in [1.54, 1.807) is 6.08 Å². The molecule has 1 aliphatic carbocycles. The lowest BCUT2D eigenvalue weighted by molar-refractivity contribution is -0.111. The second-order valence-electron chi connectivity index (χ2n) is 4.70. The predicted molar refractivity (Wildman–Crippen MR) is 78.1 cm³/mol. The zero-order chi connectivity index (χ0) is 13.2. The molecule has 1 N–H and O–H groups in total. The third kappa shape index (κ3) is 2.17. The summed E-state index contributed by atoms with van der Waals surface area (Å²) in [4.78, 5) is 11.5. The molecule has 0 radical (unpaired) electrons. The van der Waals surface area contributed by atoms with Crippen LogP contribution < -0.4 is 5.32 Å². The average molecular weight is 249 g/mol. The second-order valence-corrected chi connectivity index (χ2v) is 4.70. The smallest absolute Gasteiger partial charge is 0.248 e. The van der Waals surface area contributed by atoms with Gasteiger partial charge in [0.2, 0.25) is 5.91 Å². The number of carbonyl (C=O) groups excluding carboxylic acids is 1. The number of benzene rings is 2. The largest absolute Gasteiger partial charge is 0.323 e. The van der Waals surface area contributed by atoms with Crippen LogP contribution in [0.5, 0.6) is 0 Å². The van der Waals surface area contributed by atoms with Gasteiger partial charge in [-0.15, -0.1) is 0 Å². The number of fused-ring (bicyclic) bond motifs is 3. The van der Waals surface area contributed by atoms with Crippen LogP contribution in [0.15, 0.2) is 54.6 Å². The molecule has 1 aliphatic rings. The molecule has 3 rings (SSSR count). The van der Waals surface area contributed by atoms with Crippen molar-refractivity contribution in [3.05, 3.63) is 65.7 Å². The highest BCUT2D eigenvalue weighted by atomic mass is 16.1. The van der Waals surface area contributed by atoms with Crippen molar-refractivity contribution in [1.82, 2.24) is 0 Å². The summed E-state index contributed by atoms with van der Waals surface area (Å²) < 4.78 is 0. The number of hydrogen-bond donors (Lipinski definition) is 1. The fourth-order valence-electron chi connectivity index (χ4n) is 2.56. The van der Waals surface area contributed by atoms with Gasteiger partial charge in [0, 0.05) is 5.69 Å². The summed E-state index contributed by atoms with van der Waals surface area (Å²) in [6.07, 6.45) is 4.21. The van der Waals surface area contributed by atoms with Crippen molar-refractivity contribution in [1.29, 1.82) is 0 Å². The van der Waals surface area contributed by atoms with Crippen molar-refractivity contribution in [3.63, 3.8) is 0 Å². The number of amides is 1. The predicted octanol–water partition coefficient (Wildman–Crippen LogP) is 3.77. The van der Waals surface area contributed by atoms with E-state index in [1.807, 2.05) is 13.0 Å². The summed E-state index contributed by atoms with van der Waals surface area (Å²) in [5, 5.41) is 2.87. The molecular weight excluding hydrogens is 234 g/mol. The zero-order valence-electron chi connectivity index (χ0n) is 10.8. The molecule has 19 heavy (non-hydrogen) atoms. The molecule has 2 aromatic carbocycles. The molecule has 0 aliphatic heterocycles. The van der Waals surface area contributed by atoms with Crippen LogP contribution in [0.4, 0.5) is 5.69 Å². The highest BCUT2D eigenvalue weighted by Gasteiger charge is 2.17. The average Bonchev–Trinajstić information content (AvgIpc) is 2.76. The Morgan fingerprint density at radius 1 is 1.11 bits per heavy atom. The van der Waals surface area contributed by atoms with E-state index in [-0.39, 0.29) is 5.91 Å². The number of rotatable bonds is 2. The molecule has 2 aromatic rings. The first-order chi connectivity index (χ1) is 9.28. The monoisotopic (exact) mass is 249 g/mol. The highest BCUT2D eigenvalue weighted by molar-refractivity contribution is 5.99. The molecule has 0 heterocycles. The van der Waals surface area contributed by atoms with Gasteiger partial charge in [-0.25, -0.2) is 0 Å². The van der Waals surface area contributed by atoms with Gasteiger partial charge in [-0.1, -0.05) is 36.4 Å². The molecule has 1 amide bonds. The van der Waals surface area contributed by atoms with Crippen molar-refractivity contribution >= 4 is 11.6 Å². The molecule has 0 aromatic heterocycles. The van der Waals surface area contributed by atoms with Gasteiger partial charge in [-0.3, -0.25) is 4.79 Å². The van der Waals surface area contributed by atoms with Gasteiger partial charge in [0.25, 0.3) is 0 Å². The SMILES string of the molecule is CC=CC(=O)Nc1ccc2c(c1)Cc1ccccc1-2. The normalized spacial score (nSPS) is 12.3. The maximum atomic E-state index is 11.5. The third-order valence-corrected chi connectivity index (χ3v) is 3.38. The Hall–Kier alpha value is -2.35. The Bertz CT molecular complexity index is 671. The molecule has 0 bridgehead atoms. The van der Waals surface area contributed by atoms with Crippen molar-refractivity contribution in [2.24, 2.45) is 0 Å². The first-order valence-electron chi connectivity index (χ1n) is 6.43. The standard InChI is InChI=1S/C17H15NO/c1-2-5-17(19)18-14-8-9-16-13(11-14)10-12-6-3-4-7-15(12)16/h2-9,11H,10H2,1H3,(H,18,19). The van der Waals surface area contributed by atoms with E-state index in [2.05, 4.69) is 41.7 Å². The van der Waals surface area contributed by atoms with E-state index in [1.165, 1.54) is 28.3 Å². The molecule has 2 nitrogen and oxygen atoms in total. The number of allylic oxidation sites excluding steroid dienone is 1. The minimum atomic E-state index is -0.0852. The lowest BCUT2D eigenvalue weighted by Gasteiger charge is -2.05. The highest BCUT2D eigenvalue weighted by Crippen LogP contribution is 2.37. The Kier molecular flexibility index (Phi) is 2.92. The van der Waals surface area contributed by atoms with Crippen LogP contribution in [-0.2, 0) is 11.2 Å². The van der Waals surface area contributed by atoms with Crippen LogP contribution in [0, 0.1) is 0 Å². The minimum absolute atomic E-state index is 0.0852. The van der Waals surface area contributed by atoms with Crippen LogP contribution >= 0.6 is 0 Å². The summed E-state index contributed by atoms with van der Waals surface area (Å²) in [7, 11) is 0. The van der Waals surface area contributed by atoms with E-state index in [4.69, 9.17) is 0 Å². The molecule has 2 heteroatoms. The fraction of sp³-hybridized carbons (Fsp3) is 0.118. The molecule has 0 fully saturated rings. The van der Waals surface area contributed by atoms with Crippen LogP contribution in [0.3, 0.4) is 0 Å². The second kappa shape index (κ2) is 4.73. The number of nitrogens with one attached hydrogen (secondary N) is 1. The van der Waals surface area contributed by atoms with Crippen LogP contribution in [0.2, 0.25) is 0 Å². The lowest BCUT2D eigenvalue weighted by atomic mass is 10.1. The van der Waals surface area contributed by atoms with Crippen LogP contribution in [0.25, 0.3) is 11.1 Å². The topological polar surface area (TPSA) is 29.1 Å². The van der Waals surface area contributed by atoms with Gasteiger partial charge in [-0.05, 0) is 53.8 Å². The molecule has 0 saturated carbocycles. The molecule has 0 saturated heterocycles. The molecule has 94 valence electrons. The van der Waals surface area contributed by atoms with E-state index >= 15 is 0 Å². The zero-order valence-corrected chi connectivity index (χ0v) is 10.8. The first-order valence-corrected chi connectivity index (χ1v) is 6.43. The molecule has 0 atom stereocenters. The van der Waals surface area contributed by atoms with Crippen LogP contribution in [-0.4, -0.2) is 5.91 Å².